The Bertz CT molecular complexity index is 411. The zero-order valence-electron chi connectivity index (χ0n) is 14.1. The van der Waals surface area contributed by atoms with Crippen molar-refractivity contribution in [2.45, 2.75) is 47.1 Å². The number of ether oxygens (including phenoxy) is 1. The smallest absolute Gasteiger partial charge is 0.158 e. The van der Waals surface area contributed by atoms with E-state index in [4.69, 9.17) is 4.74 Å². The molecule has 1 unspecified atom stereocenters. The van der Waals surface area contributed by atoms with Crippen molar-refractivity contribution in [1.82, 2.24) is 9.97 Å². The fourth-order valence-corrected chi connectivity index (χ4v) is 2.07. The molecule has 1 N–H and O–H groups in total. The van der Waals surface area contributed by atoms with Crippen LogP contribution in [0.5, 0.6) is 0 Å². The van der Waals surface area contributed by atoms with Gasteiger partial charge < -0.3 is 15.0 Å². The molecule has 0 aromatic carbocycles. The van der Waals surface area contributed by atoms with Crippen molar-refractivity contribution in [2.24, 2.45) is 5.92 Å². The molecule has 1 aromatic heterocycles. The van der Waals surface area contributed by atoms with Crippen LogP contribution < -0.4 is 10.2 Å². The van der Waals surface area contributed by atoms with Crippen LogP contribution in [-0.4, -0.2) is 36.7 Å². The fraction of sp³-hybridized carbons (Fsp3) is 0.750. The Kier molecular flexibility index (Phi) is 8.05. The number of rotatable bonds is 10. The highest BCUT2D eigenvalue weighted by Crippen LogP contribution is 2.18. The minimum atomic E-state index is 0.440. The second kappa shape index (κ2) is 9.55. The Morgan fingerprint density at radius 3 is 2.62 bits per heavy atom. The lowest BCUT2D eigenvalue weighted by molar-refractivity contribution is 0.178. The Hall–Kier alpha value is -1.36. The first-order valence-electron chi connectivity index (χ1n) is 8.00. The zero-order valence-corrected chi connectivity index (χ0v) is 14.1. The van der Waals surface area contributed by atoms with Crippen LogP contribution in [-0.2, 0) is 11.3 Å². The predicted octanol–water partition coefficient (Wildman–Crippen LogP) is 3.32. The molecule has 5 nitrogen and oxygen atoms in total. The monoisotopic (exact) mass is 294 g/mol. The Labute approximate surface area is 129 Å². The van der Waals surface area contributed by atoms with Crippen LogP contribution in [0.25, 0.3) is 0 Å². The van der Waals surface area contributed by atoms with Gasteiger partial charge >= 0.3 is 0 Å². The average Bonchev–Trinajstić information content (AvgIpc) is 2.50. The van der Waals surface area contributed by atoms with Gasteiger partial charge in [-0.3, -0.25) is 0 Å². The van der Waals surface area contributed by atoms with E-state index in [1.165, 1.54) is 6.42 Å². The summed E-state index contributed by atoms with van der Waals surface area (Å²) in [5.74, 6) is 3.25. The number of nitrogens with one attached hydrogen (secondary N) is 1. The van der Waals surface area contributed by atoms with Crippen LogP contribution in [0.2, 0.25) is 0 Å². The molecule has 0 radical (unpaired) electrons. The molecule has 0 fully saturated rings. The molecule has 0 aliphatic heterocycles. The molecule has 1 aromatic rings. The summed E-state index contributed by atoms with van der Waals surface area (Å²) in [4.78, 5) is 11.5. The molecule has 0 spiro atoms. The number of nitrogens with zero attached hydrogens (tertiary/aromatic N) is 3. The number of methoxy groups -OCH3 is 1. The Morgan fingerprint density at radius 1 is 1.29 bits per heavy atom. The van der Waals surface area contributed by atoms with Gasteiger partial charge in [0.25, 0.3) is 0 Å². The number of hydrogen-bond donors (Lipinski definition) is 1. The van der Waals surface area contributed by atoms with Gasteiger partial charge in [0.15, 0.2) is 5.82 Å². The van der Waals surface area contributed by atoms with Gasteiger partial charge in [-0.05, 0) is 19.3 Å². The van der Waals surface area contributed by atoms with E-state index in [0.717, 1.165) is 43.5 Å². The first-order valence-corrected chi connectivity index (χ1v) is 8.00. The molecule has 0 bridgehead atoms. The van der Waals surface area contributed by atoms with Gasteiger partial charge in [-0.15, -0.1) is 0 Å². The molecule has 1 rings (SSSR count). The summed E-state index contributed by atoms with van der Waals surface area (Å²) in [6.45, 7) is 12.1. The van der Waals surface area contributed by atoms with E-state index < -0.39 is 0 Å². The van der Waals surface area contributed by atoms with Crippen LogP contribution in [0.15, 0.2) is 6.07 Å². The van der Waals surface area contributed by atoms with Crippen LogP contribution >= 0.6 is 0 Å². The lowest BCUT2D eigenvalue weighted by Crippen LogP contribution is -2.29. The van der Waals surface area contributed by atoms with Crippen molar-refractivity contribution < 1.29 is 4.74 Å². The lowest BCUT2D eigenvalue weighted by Gasteiger charge is -2.26. The minimum absolute atomic E-state index is 0.440. The summed E-state index contributed by atoms with van der Waals surface area (Å²) in [5.41, 5.74) is 0. The molecular weight excluding hydrogens is 264 g/mol. The van der Waals surface area contributed by atoms with Crippen molar-refractivity contribution in [3.63, 3.8) is 0 Å². The van der Waals surface area contributed by atoms with E-state index in [-0.39, 0.29) is 0 Å². The third-order valence-corrected chi connectivity index (χ3v) is 3.52. The first-order chi connectivity index (χ1) is 10.1. The van der Waals surface area contributed by atoms with Crippen molar-refractivity contribution in [1.29, 1.82) is 0 Å². The minimum Gasteiger partial charge on any atom is -0.377 e. The highest BCUT2D eigenvalue weighted by atomic mass is 16.5. The van der Waals surface area contributed by atoms with Crippen LogP contribution in [0.4, 0.5) is 11.6 Å². The lowest BCUT2D eigenvalue weighted by atomic mass is 10.1. The molecule has 0 saturated heterocycles. The Balaban J connectivity index is 2.97. The van der Waals surface area contributed by atoms with Gasteiger partial charge in [0.2, 0.25) is 0 Å². The van der Waals surface area contributed by atoms with Crippen molar-refractivity contribution in [2.75, 3.05) is 37.0 Å². The largest absolute Gasteiger partial charge is 0.377 e. The molecule has 120 valence electrons. The maximum Gasteiger partial charge on any atom is 0.158 e. The molecule has 1 heterocycles. The molecule has 21 heavy (non-hydrogen) atoms. The summed E-state index contributed by atoms with van der Waals surface area (Å²) in [7, 11) is 1.67. The summed E-state index contributed by atoms with van der Waals surface area (Å²) >= 11 is 0. The van der Waals surface area contributed by atoms with Gasteiger partial charge in [-0.25, -0.2) is 9.97 Å². The standard InChI is InChI=1S/C16H30N4O/c1-6-9-17-14-10-16(19-15(18-14)12-21-5)20(8-3)11-13(4)7-2/h10,13H,6-9,11-12H2,1-5H3,(H,17,18,19). The SMILES string of the molecule is CCCNc1cc(N(CC)CC(C)CC)nc(COC)n1. The average molecular weight is 294 g/mol. The summed E-state index contributed by atoms with van der Waals surface area (Å²) < 4.78 is 5.19. The summed E-state index contributed by atoms with van der Waals surface area (Å²) in [6.07, 6.45) is 2.25. The Morgan fingerprint density at radius 2 is 2.05 bits per heavy atom. The van der Waals surface area contributed by atoms with Gasteiger partial charge in [0.05, 0.1) is 0 Å². The number of hydrogen-bond acceptors (Lipinski definition) is 5. The van der Waals surface area contributed by atoms with Crippen LogP contribution in [0, 0.1) is 5.92 Å². The van der Waals surface area contributed by atoms with Gasteiger partial charge in [0.1, 0.15) is 18.2 Å². The normalized spacial score (nSPS) is 12.2. The maximum absolute atomic E-state index is 5.19. The third-order valence-electron chi connectivity index (χ3n) is 3.52. The third kappa shape index (κ3) is 5.87. The van der Waals surface area contributed by atoms with E-state index in [9.17, 15) is 0 Å². The van der Waals surface area contributed by atoms with E-state index in [0.29, 0.717) is 12.5 Å². The summed E-state index contributed by atoms with van der Waals surface area (Å²) in [5, 5.41) is 3.35. The topological polar surface area (TPSA) is 50.3 Å². The molecule has 0 amide bonds. The highest BCUT2D eigenvalue weighted by molar-refractivity contribution is 5.49. The van der Waals surface area contributed by atoms with Gasteiger partial charge in [-0.1, -0.05) is 27.2 Å². The van der Waals surface area contributed by atoms with Crippen molar-refractivity contribution in [3.05, 3.63) is 11.9 Å². The van der Waals surface area contributed by atoms with Crippen LogP contribution in [0.1, 0.15) is 46.4 Å². The summed E-state index contributed by atoms with van der Waals surface area (Å²) in [6, 6.07) is 2.04. The second-order valence-electron chi connectivity index (χ2n) is 5.44. The van der Waals surface area contributed by atoms with E-state index in [1.54, 1.807) is 7.11 Å². The fourth-order valence-electron chi connectivity index (χ4n) is 2.07. The second-order valence-corrected chi connectivity index (χ2v) is 5.44. The van der Waals surface area contributed by atoms with Gasteiger partial charge in [-0.2, -0.15) is 0 Å². The molecule has 0 aliphatic rings. The molecular formula is C16H30N4O. The van der Waals surface area contributed by atoms with Crippen molar-refractivity contribution >= 4 is 11.6 Å². The predicted molar refractivity (Wildman–Crippen MR) is 88.9 cm³/mol. The molecule has 0 aliphatic carbocycles. The number of anilines is 2. The molecule has 5 heteroatoms. The quantitative estimate of drug-likeness (QED) is 0.717. The van der Waals surface area contributed by atoms with E-state index >= 15 is 0 Å². The van der Waals surface area contributed by atoms with E-state index in [2.05, 4.69) is 47.9 Å². The first kappa shape index (κ1) is 17.7. The number of aromatic nitrogens is 2. The molecule has 0 saturated carbocycles. The molecule has 1 atom stereocenters. The van der Waals surface area contributed by atoms with E-state index in [1.807, 2.05) is 6.07 Å². The van der Waals surface area contributed by atoms with Crippen LogP contribution in [0.3, 0.4) is 0 Å². The maximum atomic E-state index is 5.19. The zero-order chi connectivity index (χ0) is 15.7. The van der Waals surface area contributed by atoms with Crippen molar-refractivity contribution in [3.8, 4) is 0 Å². The van der Waals surface area contributed by atoms with Gasteiger partial charge in [0, 0.05) is 32.8 Å². The highest BCUT2D eigenvalue weighted by Gasteiger charge is 2.13.